The number of rotatable bonds is 3. The highest BCUT2D eigenvalue weighted by Gasteiger charge is 2.35. The van der Waals surface area contributed by atoms with Crippen molar-refractivity contribution in [2.45, 2.75) is 24.9 Å². The number of amides is 1. The lowest BCUT2D eigenvalue weighted by Crippen LogP contribution is -2.12. The van der Waals surface area contributed by atoms with Gasteiger partial charge in [0.1, 0.15) is 0 Å². The molecule has 3 rings (SSSR count). The average Bonchev–Trinajstić information content (AvgIpc) is 3.07. The molecule has 1 amide bonds. The first-order valence-corrected chi connectivity index (χ1v) is 9.97. The summed E-state index contributed by atoms with van der Waals surface area (Å²) in [6, 6.07) is 13.1. The second kappa shape index (κ2) is 8.67. The molecule has 160 valence electrons. The van der Waals surface area contributed by atoms with E-state index >= 15 is 0 Å². The molecule has 3 aromatic rings. The molecule has 0 bridgehead atoms. The number of alkyl halides is 3. The van der Waals surface area contributed by atoms with E-state index in [1.807, 2.05) is 6.92 Å². The van der Waals surface area contributed by atoms with Crippen molar-refractivity contribution < 1.29 is 26.4 Å². The zero-order valence-electron chi connectivity index (χ0n) is 16.0. The van der Waals surface area contributed by atoms with Crippen LogP contribution in [0.5, 0.6) is 0 Å². The van der Waals surface area contributed by atoms with Gasteiger partial charge in [-0.05, 0) is 37.3 Å². The number of carbonyl (C=O) groups is 1. The van der Waals surface area contributed by atoms with Crippen LogP contribution in [0.4, 0.5) is 13.2 Å². The number of carbonyl (C=O) groups excluding carboxylic acids is 1. The van der Waals surface area contributed by atoms with E-state index in [0.29, 0.717) is 5.56 Å². The normalized spacial score (nSPS) is 11.5. The van der Waals surface area contributed by atoms with E-state index in [9.17, 15) is 26.4 Å². The lowest BCUT2D eigenvalue weighted by atomic mass is 10.1. The van der Waals surface area contributed by atoms with Crippen molar-refractivity contribution in [2.75, 3.05) is 0 Å². The quantitative estimate of drug-likeness (QED) is 0.650. The van der Waals surface area contributed by atoms with E-state index in [4.69, 9.17) is 5.14 Å². The van der Waals surface area contributed by atoms with Crippen LogP contribution >= 0.6 is 0 Å². The van der Waals surface area contributed by atoms with Gasteiger partial charge in [-0.25, -0.2) is 18.2 Å². The zero-order chi connectivity index (χ0) is 22.7. The smallest absolute Gasteiger partial charge is 0.370 e. The van der Waals surface area contributed by atoms with Crippen molar-refractivity contribution in [2.24, 2.45) is 10.9 Å². The number of nitrogens with two attached hydrogens (primary N) is 2. The van der Waals surface area contributed by atoms with Gasteiger partial charge in [-0.3, -0.25) is 4.79 Å². The molecule has 0 fully saturated rings. The molecule has 0 radical (unpaired) electrons. The first-order valence-electron chi connectivity index (χ1n) is 8.42. The fourth-order valence-electron chi connectivity index (χ4n) is 2.42. The number of nitrogens with zero attached hydrogens (tertiary/aromatic N) is 2. The molecule has 0 aliphatic heterocycles. The number of primary amides is 1. The standard InChI is InChI=1S/C17H14F3N3O2S.C2H5NO/c1-11-2-4-12(5-3-11)15-10-16(17(18,19)20)22-23(15)13-6-8-14(9-7-13)26(21,24)25;1-2(3)4/h2-10H,1H3,(H2,21,24,25);1H3,(H2,3,4). The van der Waals surface area contributed by atoms with E-state index in [1.165, 1.54) is 31.2 Å². The highest BCUT2D eigenvalue weighted by Crippen LogP contribution is 2.33. The summed E-state index contributed by atoms with van der Waals surface area (Å²) in [5, 5.41) is 8.70. The third kappa shape index (κ3) is 5.91. The molecule has 1 heterocycles. The number of halogens is 3. The summed E-state index contributed by atoms with van der Waals surface area (Å²) < 4.78 is 63.2. The van der Waals surface area contributed by atoms with Crippen LogP contribution in [-0.2, 0) is 21.0 Å². The molecular formula is C19H19F3N4O3S. The molecule has 0 spiro atoms. The van der Waals surface area contributed by atoms with Crippen LogP contribution in [-0.4, -0.2) is 24.1 Å². The van der Waals surface area contributed by atoms with Crippen LogP contribution in [0, 0.1) is 6.92 Å². The summed E-state index contributed by atoms with van der Waals surface area (Å²) in [7, 11) is -3.90. The molecule has 0 atom stereocenters. The van der Waals surface area contributed by atoms with Gasteiger partial charge in [-0.2, -0.15) is 18.3 Å². The second-order valence-electron chi connectivity index (χ2n) is 6.34. The molecule has 2 aromatic carbocycles. The molecule has 30 heavy (non-hydrogen) atoms. The third-order valence-electron chi connectivity index (χ3n) is 3.76. The Kier molecular flexibility index (Phi) is 6.68. The largest absolute Gasteiger partial charge is 0.435 e. The maximum atomic E-state index is 13.1. The van der Waals surface area contributed by atoms with Crippen molar-refractivity contribution >= 4 is 15.9 Å². The van der Waals surface area contributed by atoms with Gasteiger partial charge in [-0.1, -0.05) is 29.8 Å². The number of aromatic nitrogens is 2. The number of aryl methyl sites for hydroxylation is 1. The van der Waals surface area contributed by atoms with Crippen LogP contribution in [0.2, 0.25) is 0 Å². The first kappa shape index (κ1) is 23.1. The lowest BCUT2D eigenvalue weighted by molar-refractivity contribution is -0.141. The van der Waals surface area contributed by atoms with Gasteiger partial charge in [0.25, 0.3) is 0 Å². The Labute approximate surface area is 171 Å². The van der Waals surface area contributed by atoms with Crippen LogP contribution in [0.1, 0.15) is 18.2 Å². The highest BCUT2D eigenvalue weighted by molar-refractivity contribution is 7.89. The Bertz CT molecular complexity index is 1130. The molecule has 11 heteroatoms. The molecule has 0 unspecified atom stereocenters. The monoisotopic (exact) mass is 440 g/mol. The van der Waals surface area contributed by atoms with Crippen molar-refractivity contribution in [1.82, 2.24) is 9.78 Å². The Morgan fingerprint density at radius 3 is 1.97 bits per heavy atom. The van der Waals surface area contributed by atoms with Crippen molar-refractivity contribution in [1.29, 1.82) is 0 Å². The summed E-state index contributed by atoms with van der Waals surface area (Å²) in [5.41, 5.74) is 5.47. The minimum Gasteiger partial charge on any atom is -0.370 e. The van der Waals surface area contributed by atoms with Gasteiger partial charge in [-0.15, -0.1) is 0 Å². The number of primary sulfonamides is 1. The van der Waals surface area contributed by atoms with E-state index < -0.39 is 21.9 Å². The highest BCUT2D eigenvalue weighted by atomic mass is 32.2. The summed E-state index contributed by atoms with van der Waals surface area (Å²) >= 11 is 0. The van der Waals surface area contributed by atoms with Crippen molar-refractivity contribution in [3.8, 4) is 16.9 Å². The van der Waals surface area contributed by atoms with Gasteiger partial charge in [0.15, 0.2) is 5.69 Å². The minimum absolute atomic E-state index is 0.138. The van der Waals surface area contributed by atoms with Crippen molar-refractivity contribution in [3.63, 3.8) is 0 Å². The maximum absolute atomic E-state index is 13.1. The Hall–Kier alpha value is -3.18. The molecule has 0 aliphatic rings. The lowest BCUT2D eigenvalue weighted by Gasteiger charge is -2.09. The molecular weight excluding hydrogens is 421 g/mol. The molecule has 0 saturated heterocycles. The maximum Gasteiger partial charge on any atom is 0.435 e. The van der Waals surface area contributed by atoms with E-state index in [1.54, 1.807) is 24.3 Å². The third-order valence-corrected chi connectivity index (χ3v) is 4.69. The SMILES string of the molecule is CC(N)=O.Cc1ccc(-c2cc(C(F)(F)F)nn2-c2ccc(S(N)(=O)=O)cc2)cc1. The summed E-state index contributed by atoms with van der Waals surface area (Å²) in [6.07, 6.45) is -4.61. The van der Waals surface area contributed by atoms with Crippen LogP contribution in [0.15, 0.2) is 59.5 Å². The van der Waals surface area contributed by atoms with Gasteiger partial charge < -0.3 is 5.73 Å². The fourth-order valence-corrected chi connectivity index (χ4v) is 2.94. The number of benzene rings is 2. The number of sulfonamides is 1. The predicted molar refractivity (Wildman–Crippen MR) is 105 cm³/mol. The van der Waals surface area contributed by atoms with Gasteiger partial charge in [0.05, 0.1) is 16.3 Å². The van der Waals surface area contributed by atoms with E-state index in [2.05, 4.69) is 10.8 Å². The molecule has 7 nitrogen and oxygen atoms in total. The van der Waals surface area contributed by atoms with Gasteiger partial charge >= 0.3 is 6.18 Å². The molecule has 1 aromatic heterocycles. The summed E-state index contributed by atoms with van der Waals surface area (Å²) in [5.74, 6) is -0.333. The molecule has 4 N–H and O–H groups in total. The number of hydrogen-bond donors (Lipinski definition) is 2. The predicted octanol–water partition coefficient (Wildman–Crippen LogP) is 3.01. The Morgan fingerprint density at radius 2 is 1.53 bits per heavy atom. The topological polar surface area (TPSA) is 121 Å². The number of hydrogen-bond acceptors (Lipinski definition) is 4. The van der Waals surface area contributed by atoms with Gasteiger partial charge in [0, 0.05) is 12.5 Å². The first-order chi connectivity index (χ1) is 13.8. The van der Waals surface area contributed by atoms with E-state index in [-0.39, 0.29) is 22.2 Å². The summed E-state index contributed by atoms with van der Waals surface area (Å²) in [6.45, 7) is 3.17. The molecule has 0 saturated carbocycles. The minimum atomic E-state index is -4.61. The average molecular weight is 440 g/mol. The van der Waals surface area contributed by atoms with E-state index in [0.717, 1.165) is 16.3 Å². The Morgan fingerprint density at radius 1 is 1.03 bits per heavy atom. The zero-order valence-corrected chi connectivity index (χ0v) is 16.8. The Balaban J connectivity index is 0.000000735. The summed E-state index contributed by atoms with van der Waals surface area (Å²) in [4.78, 5) is 9.08. The van der Waals surface area contributed by atoms with Gasteiger partial charge in [0.2, 0.25) is 15.9 Å². The van der Waals surface area contributed by atoms with Crippen molar-refractivity contribution in [3.05, 3.63) is 65.9 Å². The second-order valence-corrected chi connectivity index (χ2v) is 7.90. The fraction of sp³-hybridized carbons (Fsp3) is 0.158. The van der Waals surface area contributed by atoms with Crippen LogP contribution < -0.4 is 10.9 Å². The van der Waals surface area contributed by atoms with Crippen LogP contribution in [0.3, 0.4) is 0 Å². The van der Waals surface area contributed by atoms with Crippen LogP contribution in [0.25, 0.3) is 16.9 Å². The molecule has 0 aliphatic carbocycles.